The SMILES string of the molecule is O=C(NCc1ccoc1)C1CCCNC1. The molecule has 1 aliphatic rings. The summed E-state index contributed by atoms with van der Waals surface area (Å²) in [5, 5.41) is 6.15. The van der Waals surface area contributed by atoms with Gasteiger partial charge in [0.15, 0.2) is 0 Å². The number of piperidine rings is 1. The lowest BCUT2D eigenvalue weighted by atomic mass is 9.99. The summed E-state index contributed by atoms with van der Waals surface area (Å²) in [6.45, 7) is 2.40. The molecule has 2 heterocycles. The van der Waals surface area contributed by atoms with Gasteiger partial charge >= 0.3 is 0 Å². The Labute approximate surface area is 89.0 Å². The van der Waals surface area contributed by atoms with Crippen molar-refractivity contribution in [1.29, 1.82) is 0 Å². The van der Waals surface area contributed by atoms with E-state index in [9.17, 15) is 4.79 Å². The van der Waals surface area contributed by atoms with E-state index in [1.807, 2.05) is 6.07 Å². The van der Waals surface area contributed by atoms with E-state index in [4.69, 9.17) is 4.42 Å². The quantitative estimate of drug-likeness (QED) is 0.775. The van der Waals surface area contributed by atoms with Crippen molar-refractivity contribution >= 4 is 5.91 Å². The molecule has 1 aliphatic heterocycles. The van der Waals surface area contributed by atoms with Crippen LogP contribution in [0.5, 0.6) is 0 Å². The highest BCUT2D eigenvalue weighted by Crippen LogP contribution is 2.10. The maximum Gasteiger partial charge on any atom is 0.224 e. The molecule has 0 spiro atoms. The predicted molar refractivity (Wildman–Crippen MR) is 56.1 cm³/mol. The predicted octanol–water partition coefficient (Wildman–Crippen LogP) is 0.895. The average Bonchev–Trinajstić information content (AvgIpc) is 2.80. The molecule has 2 rings (SSSR count). The maximum absolute atomic E-state index is 11.7. The first-order valence-corrected chi connectivity index (χ1v) is 5.36. The van der Waals surface area contributed by atoms with Gasteiger partial charge in [-0.1, -0.05) is 0 Å². The molecule has 1 fully saturated rings. The summed E-state index contributed by atoms with van der Waals surface area (Å²) in [4.78, 5) is 11.7. The Bertz CT molecular complexity index is 302. The second-order valence-corrected chi connectivity index (χ2v) is 3.89. The summed E-state index contributed by atoms with van der Waals surface area (Å²) >= 11 is 0. The summed E-state index contributed by atoms with van der Waals surface area (Å²) in [6.07, 6.45) is 5.34. The van der Waals surface area contributed by atoms with E-state index in [2.05, 4.69) is 10.6 Å². The van der Waals surface area contributed by atoms with Crippen molar-refractivity contribution in [1.82, 2.24) is 10.6 Å². The molecule has 0 saturated carbocycles. The van der Waals surface area contributed by atoms with E-state index in [0.29, 0.717) is 6.54 Å². The number of nitrogens with one attached hydrogen (secondary N) is 2. The standard InChI is InChI=1S/C11H16N2O2/c14-11(10-2-1-4-12-7-10)13-6-9-3-5-15-8-9/h3,5,8,10,12H,1-2,4,6-7H2,(H,13,14). The van der Waals surface area contributed by atoms with Crippen molar-refractivity contribution in [3.05, 3.63) is 24.2 Å². The molecule has 82 valence electrons. The zero-order valence-corrected chi connectivity index (χ0v) is 8.66. The van der Waals surface area contributed by atoms with Gasteiger partial charge in [-0.3, -0.25) is 4.79 Å². The first-order valence-electron chi connectivity index (χ1n) is 5.36. The van der Waals surface area contributed by atoms with Crippen LogP contribution in [0.15, 0.2) is 23.0 Å². The second kappa shape index (κ2) is 4.98. The number of hydrogen-bond acceptors (Lipinski definition) is 3. The third-order valence-electron chi connectivity index (χ3n) is 2.71. The molecular weight excluding hydrogens is 192 g/mol. The van der Waals surface area contributed by atoms with Crippen LogP contribution < -0.4 is 10.6 Å². The second-order valence-electron chi connectivity index (χ2n) is 3.89. The lowest BCUT2D eigenvalue weighted by Crippen LogP contribution is -2.40. The molecule has 2 N–H and O–H groups in total. The number of carbonyl (C=O) groups is 1. The minimum Gasteiger partial charge on any atom is -0.472 e. The number of rotatable bonds is 3. The zero-order valence-electron chi connectivity index (χ0n) is 8.66. The van der Waals surface area contributed by atoms with Crippen LogP contribution in [-0.4, -0.2) is 19.0 Å². The Balaban J connectivity index is 1.76. The van der Waals surface area contributed by atoms with Gasteiger partial charge in [-0.2, -0.15) is 0 Å². The van der Waals surface area contributed by atoms with Crippen molar-refractivity contribution in [2.45, 2.75) is 19.4 Å². The zero-order chi connectivity index (χ0) is 10.5. The molecule has 0 aliphatic carbocycles. The average molecular weight is 208 g/mol. The van der Waals surface area contributed by atoms with Crippen LogP contribution in [0.4, 0.5) is 0 Å². The number of hydrogen-bond donors (Lipinski definition) is 2. The van der Waals surface area contributed by atoms with Gasteiger partial charge in [0.1, 0.15) is 0 Å². The minimum absolute atomic E-state index is 0.130. The van der Waals surface area contributed by atoms with Crippen LogP contribution in [-0.2, 0) is 11.3 Å². The molecule has 1 aromatic heterocycles. The highest BCUT2D eigenvalue weighted by atomic mass is 16.3. The molecule has 0 bridgehead atoms. The summed E-state index contributed by atoms with van der Waals surface area (Å²) in [6, 6.07) is 1.86. The molecule has 1 atom stereocenters. The Kier molecular flexibility index (Phi) is 3.40. The van der Waals surface area contributed by atoms with Crippen molar-refractivity contribution in [3.63, 3.8) is 0 Å². The van der Waals surface area contributed by atoms with E-state index >= 15 is 0 Å². The van der Waals surface area contributed by atoms with Gasteiger partial charge < -0.3 is 15.1 Å². The van der Waals surface area contributed by atoms with Gasteiger partial charge in [0, 0.05) is 18.7 Å². The Morgan fingerprint density at radius 1 is 1.67 bits per heavy atom. The summed E-state index contributed by atoms with van der Waals surface area (Å²) in [7, 11) is 0. The molecule has 1 aromatic rings. The van der Waals surface area contributed by atoms with Gasteiger partial charge in [-0.05, 0) is 25.5 Å². The van der Waals surface area contributed by atoms with Gasteiger partial charge in [0.05, 0.1) is 18.4 Å². The third-order valence-corrected chi connectivity index (χ3v) is 2.71. The Hall–Kier alpha value is -1.29. The van der Waals surface area contributed by atoms with Crippen molar-refractivity contribution < 1.29 is 9.21 Å². The fourth-order valence-electron chi connectivity index (χ4n) is 1.80. The Morgan fingerprint density at radius 3 is 3.27 bits per heavy atom. The summed E-state index contributed by atoms with van der Waals surface area (Å²) < 4.78 is 4.93. The van der Waals surface area contributed by atoms with Crippen LogP contribution >= 0.6 is 0 Å². The molecule has 1 saturated heterocycles. The van der Waals surface area contributed by atoms with Crippen LogP contribution in [0.25, 0.3) is 0 Å². The maximum atomic E-state index is 11.7. The highest BCUT2D eigenvalue weighted by molar-refractivity contribution is 5.78. The number of furan rings is 1. The third kappa shape index (κ3) is 2.83. The molecular formula is C11H16N2O2. The van der Waals surface area contributed by atoms with Crippen LogP contribution in [0, 0.1) is 5.92 Å². The smallest absolute Gasteiger partial charge is 0.224 e. The molecule has 4 heteroatoms. The van der Waals surface area contributed by atoms with Crippen LogP contribution in [0.3, 0.4) is 0 Å². The topological polar surface area (TPSA) is 54.3 Å². The van der Waals surface area contributed by atoms with Crippen LogP contribution in [0.2, 0.25) is 0 Å². The van der Waals surface area contributed by atoms with E-state index in [1.54, 1.807) is 12.5 Å². The summed E-state index contributed by atoms with van der Waals surface area (Å²) in [5.74, 6) is 0.272. The Morgan fingerprint density at radius 2 is 2.60 bits per heavy atom. The van der Waals surface area contributed by atoms with Crippen molar-refractivity contribution in [3.8, 4) is 0 Å². The van der Waals surface area contributed by atoms with Crippen LogP contribution in [0.1, 0.15) is 18.4 Å². The summed E-state index contributed by atoms with van der Waals surface area (Å²) in [5.41, 5.74) is 1.01. The lowest BCUT2D eigenvalue weighted by molar-refractivity contribution is -0.125. The number of amides is 1. The molecule has 1 amide bonds. The van der Waals surface area contributed by atoms with Gasteiger partial charge in [0.2, 0.25) is 5.91 Å². The lowest BCUT2D eigenvalue weighted by Gasteiger charge is -2.21. The monoisotopic (exact) mass is 208 g/mol. The number of carbonyl (C=O) groups excluding carboxylic acids is 1. The molecule has 1 unspecified atom stereocenters. The van der Waals surface area contributed by atoms with E-state index in [-0.39, 0.29) is 11.8 Å². The fraction of sp³-hybridized carbons (Fsp3) is 0.545. The minimum atomic E-state index is 0.130. The van der Waals surface area contributed by atoms with Crippen molar-refractivity contribution in [2.75, 3.05) is 13.1 Å². The molecule has 0 aromatic carbocycles. The first kappa shape index (κ1) is 10.2. The molecule has 15 heavy (non-hydrogen) atoms. The molecule has 0 radical (unpaired) electrons. The van der Waals surface area contributed by atoms with Crippen molar-refractivity contribution in [2.24, 2.45) is 5.92 Å². The van der Waals surface area contributed by atoms with Gasteiger partial charge in [0.25, 0.3) is 0 Å². The van der Waals surface area contributed by atoms with E-state index in [1.165, 1.54) is 0 Å². The fourth-order valence-corrected chi connectivity index (χ4v) is 1.80. The van der Waals surface area contributed by atoms with Gasteiger partial charge in [-0.15, -0.1) is 0 Å². The van der Waals surface area contributed by atoms with E-state index in [0.717, 1.165) is 31.5 Å². The van der Waals surface area contributed by atoms with Gasteiger partial charge in [-0.25, -0.2) is 0 Å². The van der Waals surface area contributed by atoms with E-state index < -0.39 is 0 Å². The normalized spacial score (nSPS) is 21.2. The first-order chi connectivity index (χ1) is 7.36. The highest BCUT2D eigenvalue weighted by Gasteiger charge is 2.20. The largest absolute Gasteiger partial charge is 0.472 e. The molecule has 4 nitrogen and oxygen atoms in total.